The van der Waals surface area contributed by atoms with E-state index >= 15 is 4.39 Å². The zero-order valence-corrected chi connectivity index (χ0v) is 22.4. The molecule has 0 aliphatic heterocycles. The molecular weight excluding hydrogens is 530 g/mol. The number of hydrogen-bond acceptors (Lipinski definition) is 4. The summed E-state index contributed by atoms with van der Waals surface area (Å²) in [7, 11) is 0. The number of nitrogens with zero attached hydrogens (tertiary/aromatic N) is 1. The monoisotopic (exact) mass is 556 g/mol. The number of aromatic nitrogens is 3. The molecule has 0 saturated carbocycles. The molecule has 0 bridgehead atoms. The van der Waals surface area contributed by atoms with Crippen molar-refractivity contribution in [1.82, 2.24) is 14.5 Å². The number of benzene rings is 3. The first kappa shape index (κ1) is 26.4. The summed E-state index contributed by atoms with van der Waals surface area (Å²) in [6.07, 6.45) is -0.269. The van der Waals surface area contributed by atoms with Crippen molar-refractivity contribution in [2.24, 2.45) is 5.73 Å². The number of hydrogen-bond donors (Lipinski definition) is 4. The van der Waals surface area contributed by atoms with Crippen LogP contribution < -0.4 is 17.0 Å². The van der Waals surface area contributed by atoms with Crippen molar-refractivity contribution in [2.75, 3.05) is 0 Å². The highest BCUT2D eigenvalue weighted by Crippen LogP contribution is 2.47. The van der Waals surface area contributed by atoms with Crippen molar-refractivity contribution < 1.29 is 18.7 Å². The molecule has 41 heavy (non-hydrogen) atoms. The Bertz CT molecular complexity index is 2080. The van der Waals surface area contributed by atoms with Crippen LogP contribution in [0.1, 0.15) is 54.1 Å². The van der Waals surface area contributed by atoms with Crippen LogP contribution in [0, 0.1) is 12.7 Å². The zero-order valence-electron chi connectivity index (χ0n) is 22.4. The fourth-order valence-corrected chi connectivity index (χ4v) is 5.72. The first-order chi connectivity index (χ1) is 19.4. The van der Waals surface area contributed by atoms with E-state index in [1.165, 1.54) is 6.07 Å². The summed E-state index contributed by atoms with van der Waals surface area (Å²) in [6.45, 7) is 4.97. The fraction of sp³-hybridized carbons (Fsp3) is 0.194. The van der Waals surface area contributed by atoms with Gasteiger partial charge in [-0.2, -0.15) is 0 Å². The second-order valence-corrected chi connectivity index (χ2v) is 10.9. The Morgan fingerprint density at radius 2 is 1.73 bits per heavy atom. The van der Waals surface area contributed by atoms with Gasteiger partial charge in [-0.15, -0.1) is 0 Å². The minimum absolute atomic E-state index is 0.0671. The van der Waals surface area contributed by atoms with E-state index in [1.807, 2.05) is 0 Å². The van der Waals surface area contributed by atoms with Crippen LogP contribution in [0.2, 0.25) is 0 Å². The van der Waals surface area contributed by atoms with Crippen LogP contribution >= 0.6 is 0 Å². The number of halogens is 2. The number of amides is 1. The lowest BCUT2D eigenvalue weighted by atomic mass is 9.81. The van der Waals surface area contributed by atoms with E-state index in [1.54, 1.807) is 57.2 Å². The van der Waals surface area contributed by atoms with Crippen LogP contribution in [0.25, 0.3) is 33.1 Å². The fourth-order valence-electron chi connectivity index (χ4n) is 5.72. The van der Waals surface area contributed by atoms with Gasteiger partial charge in [0.1, 0.15) is 11.6 Å². The number of fused-ring (bicyclic) bond motifs is 4. The highest BCUT2D eigenvalue weighted by atomic mass is 19.1. The topological polar surface area (TPSA) is 134 Å². The summed E-state index contributed by atoms with van der Waals surface area (Å²) >= 11 is 0. The van der Waals surface area contributed by atoms with Gasteiger partial charge in [0.2, 0.25) is 5.91 Å². The Morgan fingerprint density at radius 3 is 2.44 bits per heavy atom. The van der Waals surface area contributed by atoms with Crippen LogP contribution in [0.5, 0.6) is 0 Å². The summed E-state index contributed by atoms with van der Waals surface area (Å²) in [6, 6.07) is 13.6. The summed E-state index contributed by atoms with van der Waals surface area (Å²) in [4.78, 5) is 44.6. The molecular formula is C31H26F2N4O4. The number of rotatable bonds is 4. The minimum Gasteiger partial charge on any atom is -0.386 e. The maximum Gasteiger partial charge on any atom is 0.333 e. The molecule has 5 aromatic rings. The highest BCUT2D eigenvalue weighted by molar-refractivity contribution is 6.03. The highest BCUT2D eigenvalue weighted by Gasteiger charge is 2.35. The van der Waals surface area contributed by atoms with Crippen molar-refractivity contribution in [1.29, 1.82) is 0 Å². The van der Waals surface area contributed by atoms with E-state index in [0.29, 0.717) is 38.9 Å². The maximum absolute atomic E-state index is 16.1. The second kappa shape index (κ2) is 9.10. The molecule has 0 fully saturated rings. The molecule has 1 atom stereocenters. The van der Waals surface area contributed by atoms with Crippen molar-refractivity contribution in [2.45, 2.75) is 38.7 Å². The van der Waals surface area contributed by atoms with E-state index in [-0.39, 0.29) is 28.6 Å². The molecule has 1 aliphatic carbocycles. The number of allylic oxidation sites excluding steroid dienone is 1. The third-order valence-electron chi connectivity index (χ3n) is 7.81. The summed E-state index contributed by atoms with van der Waals surface area (Å²) in [5.74, 6) is -2.79. The molecule has 3 aromatic carbocycles. The number of carbonyl (C=O) groups is 1. The molecule has 0 spiro atoms. The van der Waals surface area contributed by atoms with Crippen LogP contribution in [-0.2, 0) is 10.4 Å². The standard InChI is InChI=1S/C31H26F2N4O4/c1-14-17(5-4-6-24(14)37-29(39)19-10-8-16(32)12-23(19)36-30(37)40)25-21(33)13-20(28(34)38)27-26(25)18-9-7-15(31(2,3)41)11-22(18)35-27/h4-12,20,35,41H,13H2,1-3H3,(H2,34,38)(H,36,40)/t20-/m0/s1. The molecule has 208 valence electrons. The van der Waals surface area contributed by atoms with E-state index < -0.39 is 40.3 Å². The number of aromatic amines is 2. The largest absolute Gasteiger partial charge is 0.386 e. The Balaban J connectivity index is 1.61. The van der Waals surface area contributed by atoms with Gasteiger partial charge in [0.25, 0.3) is 5.56 Å². The minimum atomic E-state index is -1.14. The van der Waals surface area contributed by atoms with E-state index in [4.69, 9.17) is 5.73 Å². The number of carbonyl (C=O) groups excluding carboxylic acids is 1. The number of primary amides is 1. The van der Waals surface area contributed by atoms with Crippen molar-refractivity contribution in [3.8, 4) is 5.69 Å². The van der Waals surface area contributed by atoms with Crippen LogP contribution in [0.4, 0.5) is 8.78 Å². The van der Waals surface area contributed by atoms with Gasteiger partial charge in [-0.1, -0.05) is 24.3 Å². The smallest absolute Gasteiger partial charge is 0.333 e. The van der Waals surface area contributed by atoms with Crippen LogP contribution in [0.15, 0.2) is 70.0 Å². The summed E-state index contributed by atoms with van der Waals surface area (Å²) in [5, 5.41) is 11.3. The lowest BCUT2D eigenvalue weighted by molar-refractivity contribution is -0.119. The van der Waals surface area contributed by atoms with Crippen molar-refractivity contribution in [3.63, 3.8) is 0 Å². The Labute approximate surface area is 231 Å². The number of nitrogens with one attached hydrogen (secondary N) is 2. The van der Waals surface area contributed by atoms with E-state index in [0.717, 1.165) is 16.7 Å². The third kappa shape index (κ3) is 4.10. The average Bonchev–Trinajstić information content (AvgIpc) is 3.27. The first-order valence-corrected chi connectivity index (χ1v) is 13.0. The Hall–Kier alpha value is -4.83. The number of aliphatic hydroxyl groups is 1. The molecule has 1 aliphatic rings. The van der Waals surface area contributed by atoms with Gasteiger partial charge in [-0.3, -0.25) is 9.59 Å². The summed E-state index contributed by atoms with van der Waals surface area (Å²) in [5.41, 5.74) is 6.61. The van der Waals surface area contributed by atoms with Crippen LogP contribution in [0.3, 0.4) is 0 Å². The first-order valence-electron chi connectivity index (χ1n) is 13.0. The molecule has 8 nitrogen and oxygen atoms in total. The molecule has 0 saturated heterocycles. The molecule has 10 heteroatoms. The average molecular weight is 557 g/mol. The van der Waals surface area contributed by atoms with Gasteiger partial charge in [-0.25, -0.2) is 18.1 Å². The van der Waals surface area contributed by atoms with Gasteiger partial charge in [0, 0.05) is 34.2 Å². The quantitative estimate of drug-likeness (QED) is 0.259. The van der Waals surface area contributed by atoms with Gasteiger partial charge < -0.3 is 20.8 Å². The zero-order chi connectivity index (χ0) is 29.4. The van der Waals surface area contributed by atoms with Gasteiger partial charge in [-0.05, 0) is 67.8 Å². The Morgan fingerprint density at radius 1 is 1.02 bits per heavy atom. The normalized spacial score (nSPS) is 15.5. The molecule has 2 aromatic heterocycles. The van der Waals surface area contributed by atoms with Crippen molar-refractivity contribution in [3.05, 3.63) is 115 Å². The number of nitrogens with two attached hydrogens (primary N) is 1. The molecule has 6 rings (SSSR count). The van der Waals surface area contributed by atoms with Crippen LogP contribution in [-0.4, -0.2) is 25.5 Å². The molecule has 0 unspecified atom stereocenters. The summed E-state index contributed by atoms with van der Waals surface area (Å²) < 4.78 is 30.7. The predicted molar refractivity (Wildman–Crippen MR) is 152 cm³/mol. The van der Waals surface area contributed by atoms with Crippen molar-refractivity contribution >= 4 is 33.3 Å². The van der Waals surface area contributed by atoms with Gasteiger partial charge >= 0.3 is 5.69 Å². The maximum atomic E-state index is 16.1. The van der Waals surface area contributed by atoms with Gasteiger partial charge in [0.05, 0.1) is 28.1 Å². The number of H-pyrrole nitrogens is 2. The lowest BCUT2D eigenvalue weighted by Crippen LogP contribution is -2.34. The SMILES string of the molecule is Cc1c(C2=C(F)C[C@H](C(N)=O)c3[nH]c4cc(C(C)(C)O)ccc4c32)cccc1-n1c(=O)[nH]c2cc(F)ccc2c1=O. The van der Waals surface area contributed by atoms with Gasteiger partial charge in [0.15, 0.2) is 0 Å². The van der Waals surface area contributed by atoms with E-state index in [2.05, 4.69) is 9.97 Å². The van der Waals surface area contributed by atoms with E-state index in [9.17, 15) is 23.9 Å². The lowest BCUT2D eigenvalue weighted by Gasteiger charge is -2.24. The molecule has 2 heterocycles. The predicted octanol–water partition coefficient (Wildman–Crippen LogP) is 4.54. The second-order valence-electron chi connectivity index (χ2n) is 10.9. The molecule has 1 amide bonds. The third-order valence-corrected chi connectivity index (χ3v) is 7.81. The Kier molecular flexibility index (Phi) is 5.86. The molecule has 5 N–H and O–H groups in total. The molecule has 0 radical (unpaired) electrons.